The summed E-state index contributed by atoms with van der Waals surface area (Å²) in [7, 11) is 0. The van der Waals surface area contributed by atoms with Crippen LogP contribution >= 0.6 is 23.2 Å². The molecule has 4 amide bonds. The average molecular weight is 542 g/mol. The molecule has 0 spiro atoms. The lowest BCUT2D eigenvalue weighted by molar-refractivity contribution is -0.192. The average Bonchev–Trinajstić information content (AvgIpc) is 2.86. The quantitative estimate of drug-likeness (QED) is 0.567. The zero-order valence-corrected chi connectivity index (χ0v) is 22.2. The highest BCUT2D eigenvalue weighted by atomic mass is 35.5. The highest BCUT2D eigenvalue weighted by Crippen LogP contribution is 2.31. The molecule has 2 aromatic carbocycles. The van der Waals surface area contributed by atoms with Gasteiger partial charge in [-0.15, -0.1) is 6.42 Å². The fourth-order valence-electron chi connectivity index (χ4n) is 4.85. The summed E-state index contributed by atoms with van der Waals surface area (Å²) in [5.41, 5.74) is 1.65. The predicted molar refractivity (Wildman–Crippen MR) is 142 cm³/mol. The van der Waals surface area contributed by atoms with Gasteiger partial charge in [-0.1, -0.05) is 79.4 Å². The van der Waals surface area contributed by atoms with Crippen LogP contribution in [0.25, 0.3) is 0 Å². The first-order valence-corrected chi connectivity index (χ1v) is 12.8. The number of benzene rings is 2. The molecule has 2 saturated heterocycles. The van der Waals surface area contributed by atoms with E-state index in [2.05, 4.69) is 11.2 Å². The Bertz CT molecular complexity index is 1220. The minimum Gasteiger partial charge on any atom is -0.333 e. The van der Waals surface area contributed by atoms with Gasteiger partial charge in [-0.2, -0.15) is 5.01 Å². The van der Waals surface area contributed by atoms with Crippen molar-refractivity contribution in [2.24, 2.45) is 5.92 Å². The highest BCUT2D eigenvalue weighted by Gasteiger charge is 2.52. The Hall–Kier alpha value is -3.25. The lowest BCUT2D eigenvalue weighted by Gasteiger charge is -2.55. The molecule has 10 heteroatoms. The molecule has 2 aliphatic heterocycles. The maximum atomic E-state index is 13.6. The third kappa shape index (κ3) is 5.69. The number of hydrogen-bond donors (Lipinski definition) is 1. The molecule has 2 fully saturated rings. The van der Waals surface area contributed by atoms with E-state index in [1.807, 2.05) is 44.2 Å². The Kier molecular flexibility index (Phi) is 8.28. The van der Waals surface area contributed by atoms with Gasteiger partial charge in [0.2, 0.25) is 11.8 Å². The third-order valence-electron chi connectivity index (χ3n) is 6.54. The van der Waals surface area contributed by atoms with E-state index in [1.54, 1.807) is 33.0 Å². The van der Waals surface area contributed by atoms with E-state index in [1.165, 1.54) is 5.01 Å². The number of rotatable bonds is 6. The lowest BCUT2D eigenvalue weighted by Crippen LogP contribution is -2.77. The lowest BCUT2D eigenvalue weighted by atomic mass is 9.95. The standard InChI is InChI=1S/C27H29Cl2N5O3/c1-4-12-32-17-24(35)33-23(34(32)27(37)30-14-19-8-6-5-7-9-19)16-31(26(36)25(33)18(2)3)15-20-10-11-21(28)13-22(20)29/h1,5-11,13,18,23,25H,12,14-17H2,2-3H3,(H,30,37)/t23-,25-/m0/s1. The van der Waals surface area contributed by atoms with Gasteiger partial charge in [0.15, 0.2) is 0 Å². The zero-order valence-electron chi connectivity index (χ0n) is 20.7. The number of amides is 4. The summed E-state index contributed by atoms with van der Waals surface area (Å²) in [6.07, 6.45) is 4.86. The van der Waals surface area contributed by atoms with Crippen molar-refractivity contribution in [3.8, 4) is 12.3 Å². The Morgan fingerprint density at radius 1 is 1.16 bits per heavy atom. The van der Waals surface area contributed by atoms with Crippen molar-refractivity contribution >= 4 is 41.0 Å². The normalized spacial score (nSPS) is 20.2. The largest absolute Gasteiger partial charge is 0.334 e. The molecule has 4 rings (SSSR count). The van der Waals surface area contributed by atoms with Gasteiger partial charge in [-0.25, -0.2) is 9.80 Å². The Morgan fingerprint density at radius 3 is 2.54 bits per heavy atom. The van der Waals surface area contributed by atoms with Crippen LogP contribution in [0.2, 0.25) is 10.0 Å². The number of terminal acetylenes is 1. The molecule has 194 valence electrons. The molecule has 2 atom stereocenters. The number of halogens is 2. The summed E-state index contributed by atoms with van der Waals surface area (Å²) in [6.45, 7) is 4.37. The first-order valence-electron chi connectivity index (χ1n) is 12.0. The number of hydrazine groups is 1. The summed E-state index contributed by atoms with van der Waals surface area (Å²) in [5.74, 6) is 1.92. The van der Waals surface area contributed by atoms with Gasteiger partial charge < -0.3 is 15.1 Å². The van der Waals surface area contributed by atoms with Gasteiger partial charge in [0.05, 0.1) is 19.6 Å². The molecular formula is C27H29Cl2N5O3. The topological polar surface area (TPSA) is 76.2 Å². The molecule has 0 aliphatic carbocycles. The van der Waals surface area contributed by atoms with Crippen molar-refractivity contribution in [1.29, 1.82) is 0 Å². The number of fused-ring (bicyclic) bond motifs is 1. The van der Waals surface area contributed by atoms with E-state index in [-0.39, 0.29) is 43.9 Å². The van der Waals surface area contributed by atoms with Crippen LogP contribution in [0.1, 0.15) is 25.0 Å². The second kappa shape index (κ2) is 11.4. The molecule has 0 unspecified atom stereocenters. The molecule has 0 aromatic heterocycles. The minimum atomic E-state index is -0.741. The van der Waals surface area contributed by atoms with Crippen LogP contribution in [0.4, 0.5) is 4.79 Å². The Labute approximate surface area is 227 Å². The zero-order chi connectivity index (χ0) is 26.7. The third-order valence-corrected chi connectivity index (χ3v) is 7.13. The van der Waals surface area contributed by atoms with E-state index in [4.69, 9.17) is 29.6 Å². The van der Waals surface area contributed by atoms with Gasteiger partial charge in [0.25, 0.3) is 0 Å². The SMILES string of the molecule is C#CCN1CC(=O)N2[C@@H](C(C)C)C(=O)N(Cc3ccc(Cl)cc3Cl)C[C@@H]2N1C(=O)NCc1ccccc1. The van der Waals surface area contributed by atoms with Crippen LogP contribution in [0, 0.1) is 18.3 Å². The number of nitrogens with zero attached hydrogens (tertiary/aromatic N) is 4. The van der Waals surface area contributed by atoms with Crippen LogP contribution in [0.15, 0.2) is 48.5 Å². The molecule has 37 heavy (non-hydrogen) atoms. The monoisotopic (exact) mass is 541 g/mol. The van der Waals surface area contributed by atoms with Crippen molar-refractivity contribution in [3.05, 3.63) is 69.7 Å². The number of hydrogen-bond acceptors (Lipinski definition) is 4. The number of urea groups is 1. The predicted octanol–water partition coefficient (Wildman–Crippen LogP) is 3.59. The van der Waals surface area contributed by atoms with Crippen molar-refractivity contribution in [1.82, 2.24) is 25.1 Å². The number of carbonyl (C=O) groups excluding carboxylic acids is 3. The summed E-state index contributed by atoms with van der Waals surface area (Å²) in [5, 5.41) is 6.92. The van der Waals surface area contributed by atoms with Crippen LogP contribution in [-0.2, 0) is 22.7 Å². The fourth-order valence-corrected chi connectivity index (χ4v) is 5.31. The van der Waals surface area contributed by atoms with E-state index < -0.39 is 18.2 Å². The Morgan fingerprint density at radius 2 is 1.89 bits per heavy atom. The molecular weight excluding hydrogens is 513 g/mol. The summed E-state index contributed by atoms with van der Waals surface area (Å²) in [6, 6.07) is 13.5. The summed E-state index contributed by atoms with van der Waals surface area (Å²) < 4.78 is 0. The van der Waals surface area contributed by atoms with E-state index in [0.29, 0.717) is 16.6 Å². The van der Waals surface area contributed by atoms with Gasteiger partial charge >= 0.3 is 6.03 Å². The second-order valence-electron chi connectivity index (χ2n) is 9.44. The highest BCUT2D eigenvalue weighted by molar-refractivity contribution is 6.35. The Balaban J connectivity index is 1.67. The molecule has 8 nitrogen and oxygen atoms in total. The smallest absolute Gasteiger partial charge is 0.333 e. The molecule has 2 heterocycles. The fraction of sp³-hybridized carbons (Fsp3) is 0.370. The van der Waals surface area contributed by atoms with E-state index in [0.717, 1.165) is 11.1 Å². The number of nitrogens with one attached hydrogen (secondary N) is 1. The first kappa shape index (κ1) is 26.8. The van der Waals surface area contributed by atoms with Crippen LogP contribution < -0.4 is 5.32 Å². The first-order chi connectivity index (χ1) is 17.7. The van der Waals surface area contributed by atoms with Crippen LogP contribution in [0.5, 0.6) is 0 Å². The van der Waals surface area contributed by atoms with Crippen molar-refractivity contribution in [2.75, 3.05) is 19.6 Å². The second-order valence-corrected chi connectivity index (χ2v) is 10.3. The van der Waals surface area contributed by atoms with Gasteiger partial charge in [-0.3, -0.25) is 9.59 Å². The van der Waals surface area contributed by atoms with E-state index >= 15 is 0 Å². The maximum absolute atomic E-state index is 13.6. The molecule has 2 aromatic rings. The molecule has 0 radical (unpaired) electrons. The number of carbonyl (C=O) groups is 3. The maximum Gasteiger partial charge on any atom is 0.334 e. The molecule has 2 aliphatic rings. The van der Waals surface area contributed by atoms with Crippen molar-refractivity contribution in [3.63, 3.8) is 0 Å². The molecule has 0 bridgehead atoms. The van der Waals surface area contributed by atoms with Crippen molar-refractivity contribution in [2.45, 2.75) is 39.1 Å². The van der Waals surface area contributed by atoms with Crippen LogP contribution in [-0.4, -0.2) is 69.5 Å². The number of piperazine rings is 1. The van der Waals surface area contributed by atoms with Gasteiger partial charge in [0.1, 0.15) is 12.2 Å². The van der Waals surface area contributed by atoms with Gasteiger partial charge in [-0.05, 0) is 29.2 Å². The molecule has 0 saturated carbocycles. The summed E-state index contributed by atoms with van der Waals surface area (Å²) >= 11 is 12.5. The van der Waals surface area contributed by atoms with E-state index in [9.17, 15) is 14.4 Å². The summed E-state index contributed by atoms with van der Waals surface area (Å²) in [4.78, 5) is 43.7. The minimum absolute atomic E-state index is 0.0676. The van der Waals surface area contributed by atoms with Gasteiger partial charge in [0, 0.05) is 23.1 Å². The van der Waals surface area contributed by atoms with Crippen molar-refractivity contribution < 1.29 is 14.4 Å². The molecule has 1 N–H and O–H groups in total. The van der Waals surface area contributed by atoms with Crippen LogP contribution in [0.3, 0.4) is 0 Å².